The number of thiophene rings is 1. The van der Waals surface area contributed by atoms with E-state index in [0.29, 0.717) is 26.1 Å². The summed E-state index contributed by atoms with van der Waals surface area (Å²) in [7, 11) is 0. The first-order chi connectivity index (χ1) is 13.6. The highest BCUT2D eigenvalue weighted by Gasteiger charge is 2.41. The summed E-state index contributed by atoms with van der Waals surface area (Å²) in [4.78, 5) is 28.4. The molecule has 1 aromatic heterocycles. The number of likely N-dealkylation sites (tertiary alicyclic amines) is 1. The smallest absolute Gasteiger partial charge is 0.226 e. The number of carbonyl (C=O) groups excluding carboxylic acids is 2. The molecule has 3 rings (SSSR count). The van der Waals surface area contributed by atoms with Crippen molar-refractivity contribution in [3.63, 3.8) is 0 Å². The summed E-state index contributed by atoms with van der Waals surface area (Å²) in [5.41, 5.74) is 1.97. The van der Waals surface area contributed by atoms with Gasteiger partial charge in [0.05, 0.1) is 5.41 Å². The van der Waals surface area contributed by atoms with E-state index >= 15 is 0 Å². The molecule has 0 saturated carbocycles. The van der Waals surface area contributed by atoms with Gasteiger partial charge in [-0.2, -0.15) is 0 Å². The number of carbonyl (C=O) groups is 2. The van der Waals surface area contributed by atoms with Crippen LogP contribution in [0.25, 0.3) is 10.4 Å². The Hall–Kier alpha value is -2.14. The summed E-state index contributed by atoms with van der Waals surface area (Å²) < 4.78 is 0. The molecule has 2 amide bonds. The first-order valence-corrected chi connectivity index (χ1v) is 11.1. The highest BCUT2D eigenvalue weighted by Crippen LogP contribution is 2.36. The standard InChI is InChI=1S/C23H30N2O2S/c1-3-6-21(26)25-14-12-23(13-15-25,22(27)24-4-2)17-18-8-10-19(11-9-18)20-7-5-16-28-20/h5,7-11,16H,3-4,6,12-15,17H2,1-2H3,(H,24,27). The number of hydrogen-bond acceptors (Lipinski definition) is 3. The molecule has 1 aliphatic rings. The summed E-state index contributed by atoms with van der Waals surface area (Å²) >= 11 is 1.73. The molecule has 2 aromatic rings. The van der Waals surface area contributed by atoms with Crippen LogP contribution in [-0.4, -0.2) is 36.3 Å². The highest BCUT2D eigenvalue weighted by molar-refractivity contribution is 7.13. The maximum absolute atomic E-state index is 13.0. The van der Waals surface area contributed by atoms with Gasteiger partial charge in [-0.3, -0.25) is 9.59 Å². The van der Waals surface area contributed by atoms with Crippen molar-refractivity contribution in [2.75, 3.05) is 19.6 Å². The topological polar surface area (TPSA) is 49.4 Å². The molecule has 1 fully saturated rings. The van der Waals surface area contributed by atoms with E-state index < -0.39 is 5.41 Å². The molecule has 1 aliphatic heterocycles. The predicted molar refractivity (Wildman–Crippen MR) is 115 cm³/mol. The normalized spacial score (nSPS) is 16.0. The number of rotatable bonds is 7. The van der Waals surface area contributed by atoms with E-state index in [2.05, 4.69) is 47.1 Å². The molecule has 0 aliphatic carbocycles. The number of nitrogens with zero attached hydrogens (tertiary/aromatic N) is 1. The fourth-order valence-electron chi connectivity index (χ4n) is 4.01. The molecule has 0 radical (unpaired) electrons. The van der Waals surface area contributed by atoms with Gasteiger partial charge >= 0.3 is 0 Å². The van der Waals surface area contributed by atoms with E-state index in [4.69, 9.17) is 0 Å². The van der Waals surface area contributed by atoms with E-state index in [9.17, 15) is 9.59 Å². The Morgan fingerprint density at radius 1 is 1.11 bits per heavy atom. The van der Waals surface area contributed by atoms with Crippen molar-refractivity contribution >= 4 is 23.2 Å². The molecule has 0 unspecified atom stereocenters. The van der Waals surface area contributed by atoms with E-state index in [1.807, 2.05) is 18.7 Å². The van der Waals surface area contributed by atoms with Crippen LogP contribution in [0.4, 0.5) is 0 Å². The van der Waals surface area contributed by atoms with Crippen LogP contribution in [0.15, 0.2) is 41.8 Å². The Balaban J connectivity index is 1.74. The summed E-state index contributed by atoms with van der Waals surface area (Å²) in [6, 6.07) is 12.8. The quantitative estimate of drug-likeness (QED) is 0.746. The average molecular weight is 399 g/mol. The van der Waals surface area contributed by atoms with Crippen molar-refractivity contribution in [3.05, 3.63) is 47.3 Å². The maximum Gasteiger partial charge on any atom is 0.226 e. The van der Waals surface area contributed by atoms with Crippen molar-refractivity contribution < 1.29 is 9.59 Å². The first-order valence-electron chi connectivity index (χ1n) is 10.3. The molecule has 1 aromatic carbocycles. The minimum absolute atomic E-state index is 0.125. The van der Waals surface area contributed by atoms with Gasteiger partial charge in [0.2, 0.25) is 11.8 Å². The molecule has 1 N–H and O–H groups in total. The zero-order valence-electron chi connectivity index (χ0n) is 16.9. The zero-order valence-corrected chi connectivity index (χ0v) is 17.7. The molecule has 5 heteroatoms. The molecule has 1 saturated heterocycles. The van der Waals surface area contributed by atoms with Gasteiger partial charge in [0, 0.05) is 30.9 Å². The van der Waals surface area contributed by atoms with Gasteiger partial charge in [-0.15, -0.1) is 11.3 Å². The third-order valence-electron chi connectivity index (χ3n) is 5.66. The van der Waals surface area contributed by atoms with Crippen molar-refractivity contribution in [2.24, 2.45) is 5.41 Å². The lowest BCUT2D eigenvalue weighted by Gasteiger charge is -2.41. The Kier molecular flexibility index (Phi) is 6.89. The van der Waals surface area contributed by atoms with Crippen LogP contribution in [0.2, 0.25) is 0 Å². The third kappa shape index (κ3) is 4.64. The molecule has 0 atom stereocenters. The van der Waals surface area contributed by atoms with E-state index in [1.165, 1.54) is 16.0 Å². The van der Waals surface area contributed by atoms with Gasteiger partial charge in [0.15, 0.2) is 0 Å². The monoisotopic (exact) mass is 398 g/mol. The van der Waals surface area contributed by atoms with Crippen LogP contribution in [-0.2, 0) is 16.0 Å². The van der Waals surface area contributed by atoms with Gasteiger partial charge in [0.25, 0.3) is 0 Å². The van der Waals surface area contributed by atoms with Crippen LogP contribution in [0, 0.1) is 5.41 Å². The van der Waals surface area contributed by atoms with Crippen LogP contribution < -0.4 is 5.32 Å². The number of hydrogen-bond donors (Lipinski definition) is 1. The number of piperidine rings is 1. The molecule has 0 bridgehead atoms. The SMILES string of the molecule is CCCC(=O)N1CCC(Cc2ccc(-c3cccs3)cc2)(C(=O)NCC)CC1. The van der Waals surface area contributed by atoms with Gasteiger partial charge in [-0.25, -0.2) is 0 Å². The number of amides is 2. The Morgan fingerprint density at radius 2 is 1.82 bits per heavy atom. The lowest BCUT2D eigenvalue weighted by Crippen LogP contribution is -2.51. The summed E-state index contributed by atoms with van der Waals surface area (Å²) in [6.45, 7) is 5.96. The summed E-state index contributed by atoms with van der Waals surface area (Å²) in [5.74, 6) is 0.340. The molecule has 4 nitrogen and oxygen atoms in total. The lowest BCUT2D eigenvalue weighted by atomic mass is 9.72. The zero-order chi connectivity index (χ0) is 20.0. The van der Waals surface area contributed by atoms with Crippen LogP contribution in [0.3, 0.4) is 0 Å². The average Bonchev–Trinajstić information content (AvgIpc) is 3.24. The second-order valence-corrected chi connectivity index (χ2v) is 8.57. The van der Waals surface area contributed by atoms with Crippen LogP contribution >= 0.6 is 11.3 Å². The van der Waals surface area contributed by atoms with Gasteiger partial charge < -0.3 is 10.2 Å². The predicted octanol–water partition coefficient (Wildman–Crippen LogP) is 4.50. The second-order valence-electron chi connectivity index (χ2n) is 7.62. The van der Waals surface area contributed by atoms with E-state index in [0.717, 1.165) is 25.7 Å². The fourth-order valence-corrected chi connectivity index (χ4v) is 4.74. The Morgan fingerprint density at radius 3 is 2.39 bits per heavy atom. The summed E-state index contributed by atoms with van der Waals surface area (Å²) in [5, 5.41) is 5.12. The van der Waals surface area contributed by atoms with Crippen molar-refractivity contribution in [1.82, 2.24) is 10.2 Å². The molecular formula is C23H30N2O2S. The van der Waals surface area contributed by atoms with Gasteiger partial charge in [-0.05, 0) is 55.2 Å². The minimum Gasteiger partial charge on any atom is -0.356 e. The van der Waals surface area contributed by atoms with Gasteiger partial charge in [0.1, 0.15) is 0 Å². The largest absolute Gasteiger partial charge is 0.356 e. The third-order valence-corrected chi connectivity index (χ3v) is 6.58. The molecule has 150 valence electrons. The number of benzene rings is 1. The molecule has 2 heterocycles. The van der Waals surface area contributed by atoms with E-state index in [-0.39, 0.29) is 11.8 Å². The molecule has 28 heavy (non-hydrogen) atoms. The highest BCUT2D eigenvalue weighted by atomic mass is 32.1. The van der Waals surface area contributed by atoms with Crippen LogP contribution in [0.1, 0.15) is 45.1 Å². The van der Waals surface area contributed by atoms with Gasteiger partial charge in [-0.1, -0.05) is 37.3 Å². The maximum atomic E-state index is 13.0. The van der Waals surface area contributed by atoms with Crippen LogP contribution in [0.5, 0.6) is 0 Å². The molecular weight excluding hydrogens is 368 g/mol. The summed E-state index contributed by atoms with van der Waals surface area (Å²) in [6.07, 6.45) is 3.63. The first kappa shape index (κ1) is 20.6. The Labute approximate surface area is 172 Å². The van der Waals surface area contributed by atoms with Crippen molar-refractivity contribution in [3.8, 4) is 10.4 Å². The minimum atomic E-state index is -0.427. The molecule has 0 spiro atoms. The Bertz CT molecular complexity index is 775. The number of nitrogens with one attached hydrogen (secondary N) is 1. The van der Waals surface area contributed by atoms with E-state index in [1.54, 1.807) is 11.3 Å². The van der Waals surface area contributed by atoms with Crippen molar-refractivity contribution in [1.29, 1.82) is 0 Å². The lowest BCUT2D eigenvalue weighted by molar-refractivity contribution is -0.140. The van der Waals surface area contributed by atoms with Crippen molar-refractivity contribution in [2.45, 2.75) is 46.0 Å². The second kappa shape index (κ2) is 9.37. The fraction of sp³-hybridized carbons (Fsp3) is 0.478.